The van der Waals surface area contributed by atoms with Crippen LogP contribution in [-0.2, 0) is 9.53 Å². The van der Waals surface area contributed by atoms with E-state index in [1.165, 1.54) is 18.3 Å². The monoisotopic (exact) mass is 309 g/mol. The fourth-order valence-electron chi connectivity index (χ4n) is 1.38. The van der Waals surface area contributed by atoms with Crippen LogP contribution in [0.3, 0.4) is 0 Å². The Bertz CT molecular complexity index is 548. The van der Waals surface area contributed by atoms with Gasteiger partial charge in [0.15, 0.2) is 0 Å². The summed E-state index contributed by atoms with van der Waals surface area (Å²) < 4.78 is 5.22. The number of carbonyl (C=O) groups is 2. The van der Waals surface area contributed by atoms with Crippen molar-refractivity contribution >= 4 is 23.4 Å². The van der Waals surface area contributed by atoms with Crippen LogP contribution in [-0.4, -0.2) is 40.3 Å². The zero-order valence-electron chi connectivity index (χ0n) is 12.5. The fraction of sp³-hybridized carbons (Fsp3) is 0.467. The fourth-order valence-corrected chi connectivity index (χ4v) is 1.96. The van der Waals surface area contributed by atoms with Crippen molar-refractivity contribution in [2.45, 2.75) is 39.3 Å². The first-order valence-corrected chi connectivity index (χ1v) is 7.38. The van der Waals surface area contributed by atoms with Gasteiger partial charge in [0.25, 0.3) is 0 Å². The zero-order valence-corrected chi connectivity index (χ0v) is 13.4. The van der Waals surface area contributed by atoms with Crippen molar-refractivity contribution in [2.24, 2.45) is 0 Å². The molecule has 0 bridgehead atoms. The van der Waals surface area contributed by atoms with Crippen LogP contribution in [0.1, 0.15) is 33.3 Å². The van der Waals surface area contributed by atoms with E-state index in [-0.39, 0.29) is 6.54 Å². The quantitative estimate of drug-likeness (QED) is 0.872. The Kier molecular flexibility index (Phi) is 5.79. The first kappa shape index (κ1) is 17.1. The van der Waals surface area contributed by atoms with E-state index in [4.69, 9.17) is 9.84 Å². The standard InChI is InChI=1S/C15H19NO4S/c1-11(13(17)18)16(14(19)20-15(2,3)4)8-5-6-12-7-9-21-10-12/h7,9-11H,8H2,1-4H3,(H,17,18). The molecule has 5 nitrogen and oxygen atoms in total. The van der Waals surface area contributed by atoms with Crippen molar-refractivity contribution in [3.05, 3.63) is 22.4 Å². The van der Waals surface area contributed by atoms with Gasteiger partial charge in [0.2, 0.25) is 0 Å². The van der Waals surface area contributed by atoms with Crippen molar-refractivity contribution in [1.29, 1.82) is 0 Å². The van der Waals surface area contributed by atoms with Crippen molar-refractivity contribution in [2.75, 3.05) is 6.54 Å². The highest BCUT2D eigenvalue weighted by Crippen LogP contribution is 2.12. The molecule has 0 aliphatic heterocycles. The molecule has 114 valence electrons. The van der Waals surface area contributed by atoms with Crippen molar-refractivity contribution in [1.82, 2.24) is 4.90 Å². The van der Waals surface area contributed by atoms with Crippen LogP contribution in [0.2, 0.25) is 0 Å². The van der Waals surface area contributed by atoms with Gasteiger partial charge in [-0.05, 0) is 39.1 Å². The Morgan fingerprint density at radius 1 is 1.48 bits per heavy atom. The molecule has 1 rings (SSSR count). The van der Waals surface area contributed by atoms with E-state index >= 15 is 0 Å². The Hall–Kier alpha value is -2.00. The van der Waals surface area contributed by atoms with Gasteiger partial charge in [0.05, 0.1) is 6.54 Å². The van der Waals surface area contributed by atoms with E-state index in [9.17, 15) is 9.59 Å². The third-order valence-corrected chi connectivity index (χ3v) is 3.14. The van der Waals surface area contributed by atoms with Crippen LogP contribution in [0.25, 0.3) is 0 Å². The Morgan fingerprint density at radius 3 is 2.62 bits per heavy atom. The van der Waals surface area contributed by atoms with Crippen molar-refractivity contribution in [3.8, 4) is 11.8 Å². The molecule has 0 radical (unpaired) electrons. The lowest BCUT2D eigenvalue weighted by molar-refractivity contribution is -0.142. The highest BCUT2D eigenvalue weighted by Gasteiger charge is 2.29. The number of nitrogens with zero attached hydrogens (tertiary/aromatic N) is 1. The molecule has 0 saturated carbocycles. The maximum absolute atomic E-state index is 12.1. The largest absolute Gasteiger partial charge is 0.480 e. The average molecular weight is 309 g/mol. The minimum atomic E-state index is -1.10. The average Bonchev–Trinajstić information content (AvgIpc) is 2.84. The summed E-state index contributed by atoms with van der Waals surface area (Å²) in [5.41, 5.74) is 0.154. The number of carboxylic acid groups (broad SMARTS) is 1. The summed E-state index contributed by atoms with van der Waals surface area (Å²) in [5, 5.41) is 12.9. The molecular formula is C15H19NO4S. The molecule has 21 heavy (non-hydrogen) atoms. The van der Waals surface area contributed by atoms with E-state index in [0.29, 0.717) is 0 Å². The molecular weight excluding hydrogens is 290 g/mol. The van der Waals surface area contributed by atoms with Crippen molar-refractivity contribution < 1.29 is 19.4 Å². The molecule has 0 saturated heterocycles. The number of thiophene rings is 1. The van der Waals surface area contributed by atoms with Gasteiger partial charge in [-0.3, -0.25) is 4.90 Å². The van der Waals surface area contributed by atoms with Crippen LogP contribution in [0, 0.1) is 11.8 Å². The summed E-state index contributed by atoms with van der Waals surface area (Å²) in [5.74, 6) is 4.59. The molecule has 0 aliphatic rings. The molecule has 0 aliphatic carbocycles. The van der Waals surface area contributed by atoms with E-state index in [1.807, 2.05) is 16.8 Å². The first-order valence-electron chi connectivity index (χ1n) is 6.44. The third kappa shape index (κ3) is 5.88. The smallest absolute Gasteiger partial charge is 0.411 e. The van der Waals surface area contributed by atoms with Gasteiger partial charge in [-0.25, -0.2) is 9.59 Å². The molecule has 0 spiro atoms. The van der Waals surface area contributed by atoms with Gasteiger partial charge >= 0.3 is 12.1 Å². The Morgan fingerprint density at radius 2 is 2.14 bits per heavy atom. The predicted molar refractivity (Wildman–Crippen MR) is 81.2 cm³/mol. The highest BCUT2D eigenvalue weighted by molar-refractivity contribution is 7.08. The van der Waals surface area contributed by atoms with Gasteiger partial charge in [-0.15, -0.1) is 0 Å². The molecule has 1 amide bonds. The van der Waals surface area contributed by atoms with E-state index in [0.717, 1.165) is 10.5 Å². The lowest BCUT2D eigenvalue weighted by Crippen LogP contribution is -2.45. The molecule has 1 N–H and O–H groups in total. The summed E-state index contributed by atoms with van der Waals surface area (Å²) in [6.45, 7) is 6.61. The molecule has 1 unspecified atom stereocenters. The summed E-state index contributed by atoms with van der Waals surface area (Å²) in [6.07, 6.45) is -0.683. The number of ether oxygens (including phenoxy) is 1. The second-order valence-electron chi connectivity index (χ2n) is 5.44. The van der Waals surface area contributed by atoms with Crippen LogP contribution < -0.4 is 0 Å². The summed E-state index contributed by atoms with van der Waals surface area (Å²) >= 11 is 1.52. The number of rotatable bonds is 3. The molecule has 1 atom stereocenters. The van der Waals surface area contributed by atoms with E-state index < -0.39 is 23.7 Å². The normalized spacial score (nSPS) is 12.0. The summed E-state index contributed by atoms with van der Waals surface area (Å²) in [6, 6.07) is 0.854. The van der Waals surface area contributed by atoms with Crippen LogP contribution in [0.4, 0.5) is 4.79 Å². The lowest BCUT2D eigenvalue weighted by Gasteiger charge is -2.28. The Balaban J connectivity index is 2.82. The number of hydrogen-bond donors (Lipinski definition) is 1. The molecule has 1 aromatic rings. The topological polar surface area (TPSA) is 66.8 Å². The van der Waals surface area contributed by atoms with Crippen molar-refractivity contribution in [3.63, 3.8) is 0 Å². The summed E-state index contributed by atoms with van der Waals surface area (Å²) in [7, 11) is 0. The molecule has 6 heteroatoms. The second-order valence-corrected chi connectivity index (χ2v) is 6.22. The molecule has 1 aromatic heterocycles. The van der Waals surface area contributed by atoms with E-state index in [1.54, 1.807) is 20.8 Å². The van der Waals surface area contributed by atoms with Gasteiger partial charge in [-0.2, -0.15) is 11.3 Å². The minimum Gasteiger partial charge on any atom is -0.480 e. The summed E-state index contributed by atoms with van der Waals surface area (Å²) in [4.78, 5) is 24.3. The number of carbonyl (C=O) groups excluding carboxylic acids is 1. The van der Waals surface area contributed by atoms with Gasteiger partial charge in [0, 0.05) is 10.9 Å². The van der Waals surface area contributed by atoms with Gasteiger partial charge < -0.3 is 9.84 Å². The first-order chi connectivity index (χ1) is 9.70. The third-order valence-electron chi connectivity index (χ3n) is 2.46. The van der Waals surface area contributed by atoms with E-state index in [2.05, 4.69) is 11.8 Å². The van der Waals surface area contributed by atoms with Crippen LogP contribution >= 0.6 is 11.3 Å². The predicted octanol–water partition coefficient (Wildman–Crippen LogP) is 2.81. The molecule has 0 aromatic carbocycles. The Labute approximate surface area is 128 Å². The number of aliphatic carboxylic acids is 1. The maximum Gasteiger partial charge on any atom is 0.411 e. The highest BCUT2D eigenvalue weighted by atomic mass is 32.1. The lowest BCUT2D eigenvalue weighted by atomic mass is 10.2. The van der Waals surface area contributed by atoms with Gasteiger partial charge in [0.1, 0.15) is 11.6 Å². The number of amides is 1. The molecule has 1 heterocycles. The zero-order chi connectivity index (χ0) is 16.0. The SMILES string of the molecule is CC(C(=O)O)N(CC#Cc1ccsc1)C(=O)OC(C)(C)C. The number of carboxylic acids is 1. The van der Waals surface area contributed by atoms with Crippen LogP contribution in [0.15, 0.2) is 16.8 Å². The minimum absolute atomic E-state index is 0.00176. The second kappa shape index (κ2) is 7.14. The van der Waals surface area contributed by atoms with Gasteiger partial charge in [-0.1, -0.05) is 11.8 Å². The molecule has 0 fully saturated rings. The van der Waals surface area contributed by atoms with Crippen LogP contribution in [0.5, 0.6) is 0 Å². The number of hydrogen-bond acceptors (Lipinski definition) is 4. The maximum atomic E-state index is 12.1.